The van der Waals surface area contributed by atoms with E-state index < -0.39 is 0 Å². The predicted octanol–water partition coefficient (Wildman–Crippen LogP) is 4.42. The lowest BCUT2D eigenvalue weighted by molar-refractivity contribution is -0.116. The summed E-state index contributed by atoms with van der Waals surface area (Å²) in [5.74, 6) is -0.0278. The summed E-state index contributed by atoms with van der Waals surface area (Å²) in [6, 6.07) is 12.4. The largest absolute Gasteiger partial charge is 0.379 e. The van der Waals surface area contributed by atoms with E-state index in [0.717, 1.165) is 61.6 Å². The van der Waals surface area contributed by atoms with Crippen LogP contribution in [-0.4, -0.2) is 50.2 Å². The molecule has 1 aliphatic rings. The molecule has 1 aromatic carbocycles. The molecule has 27 heavy (non-hydrogen) atoms. The van der Waals surface area contributed by atoms with Gasteiger partial charge < -0.3 is 10.1 Å². The first-order valence-electron chi connectivity index (χ1n) is 9.32. The Morgan fingerprint density at radius 2 is 1.93 bits per heavy atom. The van der Waals surface area contributed by atoms with Crippen molar-refractivity contribution in [2.24, 2.45) is 0 Å². The Kier molecular flexibility index (Phi) is 8.08. The highest BCUT2D eigenvalue weighted by Gasteiger charge is 2.09. The van der Waals surface area contributed by atoms with E-state index in [0.29, 0.717) is 0 Å². The topological polar surface area (TPSA) is 41.6 Å². The zero-order chi connectivity index (χ0) is 18.9. The van der Waals surface area contributed by atoms with E-state index in [1.165, 1.54) is 10.4 Å². The summed E-state index contributed by atoms with van der Waals surface area (Å²) in [6.07, 6.45) is 5.62. The van der Waals surface area contributed by atoms with Crippen LogP contribution >= 0.6 is 27.3 Å². The van der Waals surface area contributed by atoms with Crippen molar-refractivity contribution in [2.45, 2.75) is 12.8 Å². The van der Waals surface area contributed by atoms with E-state index in [2.05, 4.69) is 44.3 Å². The summed E-state index contributed by atoms with van der Waals surface area (Å²) >= 11 is 5.14. The molecule has 0 atom stereocenters. The van der Waals surface area contributed by atoms with Crippen LogP contribution in [0.25, 0.3) is 16.5 Å². The molecule has 1 aromatic heterocycles. The van der Waals surface area contributed by atoms with Crippen LogP contribution in [0.15, 0.2) is 46.9 Å². The Morgan fingerprint density at radius 1 is 1.15 bits per heavy atom. The molecule has 1 amide bonds. The molecule has 0 spiro atoms. The van der Waals surface area contributed by atoms with Gasteiger partial charge in [0.15, 0.2) is 0 Å². The lowest BCUT2D eigenvalue weighted by atomic mass is 10.2. The van der Waals surface area contributed by atoms with Gasteiger partial charge in [0.1, 0.15) is 0 Å². The fourth-order valence-electron chi connectivity index (χ4n) is 2.93. The van der Waals surface area contributed by atoms with Crippen LogP contribution in [-0.2, 0) is 9.53 Å². The summed E-state index contributed by atoms with van der Waals surface area (Å²) in [5, 5.41) is 2.97. The molecule has 0 unspecified atom stereocenters. The van der Waals surface area contributed by atoms with Gasteiger partial charge in [-0.15, -0.1) is 11.3 Å². The highest BCUT2D eigenvalue weighted by molar-refractivity contribution is 9.10. The van der Waals surface area contributed by atoms with Crippen LogP contribution in [0, 0.1) is 0 Å². The molecule has 1 aliphatic heterocycles. The number of thiophene rings is 1. The van der Waals surface area contributed by atoms with Crippen molar-refractivity contribution in [2.75, 3.05) is 39.4 Å². The maximum absolute atomic E-state index is 12.0. The molecular weight excluding hydrogens is 424 g/mol. The number of nitrogens with one attached hydrogen (secondary N) is 1. The molecular formula is C21H25BrN2O2S. The van der Waals surface area contributed by atoms with E-state index in [9.17, 15) is 4.79 Å². The molecule has 0 bridgehead atoms. The number of carbonyl (C=O) groups excluding carboxylic acids is 1. The number of amides is 1. The van der Waals surface area contributed by atoms with Crippen molar-refractivity contribution in [3.8, 4) is 10.4 Å². The number of unbranched alkanes of at least 4 members (excludes halogenated alkanes) is 1. The number of nitrogens with zero attached hydrogens (tertiary/aromatic N) is 1. The third kappa shape index (κ3) is 6.88. The highest BCUT2D eigenvalue weighted by Crippen LogP contribution is 2.29. The molecule has 144 valence electrons. The average Bonchev–Trinajstić information content (AvgIpc) is 3.16. The zero-order valence-electron chi connectivity index (χ0n) is 15.3. The lowest BCUT2D eigenvalue weighted by Gasteiger charge is -2.26. The zero-order valence-corrected chi connectivity index (χ0v) is 17.7. The summed E-state index contributed by atoms with van der Waals surface area (Å²) in [4.78, 5) is 16.7. The monoisotopic (exact) mass is 448 g/mol. The van der Waals surface area contributed by atoms with E-state index in [-0.39, 0.29) is 5.91 Å². The van der Waals surface area contributed by atoms with Crippen LogP contribution in [0.4, 0.5) is 0 Å². The molecule has 2 aromatic rings. The molecule has 6 heteroatoms. The second-order valence-corrected chi connectivity index (χ2v) is 8.53. The van der Waals surface area contributed by atoms with Crippen LogP contribution in [0.2, 0.25) is 0 Å². The van der Waals surface area contributed by atoms with Gasteiger partial charge in [-0.3, -0.25) is 9.69 Å². The van der Waals surface area contributed by atoms with Crippen molar-refractivity contribution in [3.63, 3.8) is 0 Å². The van der Waals surface area contributed by atoms with Crippen molar-refractivity contribution >= 4 is 39.2 Å². The van der Waals surface area contributed by atoms with Crippen LogP contribution < -0.4 is 5.32 Å². The molecule has 0 aliphatic carbocycles. The standard InChI is InChI=1S/C21H25BrN2O2S/c22-18-5-3-17(4-6-18)20-9-7-19(27-20)8-10-21(25)23-11-1-2-12-24-13-15-26-16-14-24/h3-10H,1-2,11-16H2,(H,23,25)/b10-8+. The summed E-state index contributed by atoms with van der Waals surface area (Å²) in [7, 11) is 0. The van der Waals surface area contributed by atoms with Gasteiger partial charge in [0.25, 0.3) is 0 Å². The molecule has 1 N–H and O–H groups in total. The Balaban J connectivity index is 1.36. The van der Waals surface area contributed by atoms with Gasteiger partial charge in [-0.25, -0.2) is 0 Å². The lowest BCUT2D eigenvalue weighted by Crippen LogP contribution is -2.37. The molecule has 0 radical (unpaired) electrons. The van der Waals surface area contributed by atoms with Gasteiger partial charge in [0, 0.05) is 39.9 Å². The van der Waals surface area contributed by atoms with Crippen molar-refractivity contribution in [1.29, 1.82) is 0 Å². The number of hydrogen-bond donors (Lipinski definition) is 1. The predicted molar refractivity (Wildman–Crippen MR) is 116 cm³/mol. The summed E-state index contributed by atoms with van der Waals surface area (Å²) < 4.78 is 6.42. The minimum atomic E-state index is -0.0278. The minimum Gasteiger partial charge on any atom is -0.379 e. The fraction of sp³-hybridized carbons (Fsp3) is 0.381. The second kappa shape index (κ2) is 10.8. The average molecular weight is 449 g/mol. The number of rotatable bonds is 8. The van der Waals surface area contributed by atoms with E-state index in [4.69, 9.17) is 4.74 Å². The van der Waals surface area contributed by atoms with Gasteiger partial charge in [-0.1, -0.05) is 28.1 Å². The maximum atomic E-state index is 12.0. The van der Waals surface area contributed by atoms with E-state index in [1.54, 1.807) is 17.4 Å². The minimum absolute atomic E-state index is 0.0278. The van der Waals surface area contributed by atoms with Crippen molar-refractivity contribution in [1.82, 2.24) is 10.2 Å². The van der Waals surface area contributed by atoms with Crippen molar-refractivity contribution < 1.29 is 9.53 Å². The molecule has 3 rings (SSSR count). The summed E-state index contributed by atoms with van der Waals surface area (Å²) in [5.41, 5.74) is 1.19. The number of carbonyl (C=O) groups is 1. The van der Waals surface area contributed by atoms with Gasteiger partial charge in [0.05, 0.1) is 13.2 Å². The Hall–Kier alpha value is -1.47. The second-order valence-electron chi connectivity index (χ2n) is 6.49. The Morgan fingerprint density at radius 3 is 2.70 bits per heavy atom. The number of ether oxygens (including phenoxy) is 1. The number of hydrogen-bond acceptors (Lipinski definition) is 4. The van der Waals surface area contributed by atoms with Gasteiger partial charge in [0.2, 0.25) is 5.91 Å². The Bertz CT molecular complexity index is 752. The first kappa shape index (κ1) is 20.3. The maximum Gasteiger partial charge on any atom is 0.244 e. The van der Waals surface area contributed by atoms with Crippen LogP contribution in [0.1, 0.15) is 17.7 Å². The van der Waals surface area contributed by atoms with Crippen molar-refractivity contribution in [3.05, 3.63) is 51.8 Å². The summed E-state index contributed by atoms with van der Waals surface area (Å²) in [6.45, 7) is 5.54. The third-order valence-corrected chi connectivity index (χ3v) is 6.09. The van der Waals surface area contributed by atoms with Crippen LogP contribution in [0.5, 0.6) is 0 Å². The normalized spacial score (nSPS) is 15.3. The number of halogens is 1. The van der Waals surface area contributed by atoms with Gasteiger partial charge in [-0.2, -0.15) is 0 Å². The number of benzene rings is 1. The molecule has 2 heterocycles. The van der Waals surface area contributed by atoms with E-state index >= 15 is 0 Å². The smallest absolute Gasteiger partial charge is 0.244 e. The molecule has 4 nitrogen and oxygen atoms in total. The van der Waals surface area contributed by atoms with Gasteiger partial charge in [-0.05, 0) is 55.3 Å². The molecule has 1 saturated heterocycles. The third-order valence-electron chi connectivity index (χ3n) is 4.46. The first-order valence-corrected chi connectivity index (χ1v) is 10.9. The molecule has 1 fully saturated rings. The first-order chi connectivity index (χ1) is 13.2. The Labute approximate surface area is 173 Å². The molecule has 0 saturated carbocycles. The quantitative estimate of drug-likeness (QED) is 0.479. The fourth-order valence-corrected chi connectivity index (χ4v) is 4.11. The van der Waals surface area contributed by atoms with E-state index in [1.807, 2.05) is 24.3 Å². The van der Waals surface area contributed by atoms with Crippen LogP contribution in [0.3, 0.4) is 0 Å². The number of morpholine rings is 1. The van der Waals surface area contributed by atoms with Gasteiger partial charge >= 0.3 is 0 Å². The SMILES string of the molecule is O=C(/C=C/c1ccc(-c2ccc(Br)cc2)s1)NCCCCN1CCOCC1. The highest BCUT2D eigenvalue weighted by atomic mass is 79.9.